The summed E-state index contributed by atoms with van der Waals surface area (Å²) in [7, 11) is 0. The van der Waals surface area contributed by atoms with Crippen LogP contribution in [0.2, 0.25) is 0 Å². The van der Waals surface area contributed by atoms with Crippen molar-refractivity contribution in [3.8, 4) is 0 Å². The Hall–Kier alpha value is -2.27. The average Bonchev–Trinajstić information content (AvgIpc) is 3.29. The Labute approximate surface area is 197 Å². The van der Waals surface area contributed by atoms with Crippen LogP contribution in [0.1, 0.15) is 48.0 Å². The molecule has 4 rings (SSSR count). The minimum Gasteiger partial charge on any atom is -0.459 e. The third-order valence-corrected chi connectivity index (χ3v) is 7.94. The molecule has 10 heteroatoms. The lowest BCUT2D eigenvalue weighted by Gasteiger charge is -2.54. The van der Waals surface area contributed by atoms with Crippen LogP contribution < -0.4 is 0 Å². The van der Waals surface area contributed by atoms with Crippen molar-refractivity contribution in [1.29, 1.82) is 0 Å². The molecule has 0 aromatic carbocycles. The maximum atomic E-state index is 12.8. The smallest absolute Gasteiger partial charge is 0.342 e. The average molecular weight is 481 g/mol. The van der Waals surface area contributed by atoms with Crippen molar-refractivity contribution >= 4 is 17.9 Å². The number of rotatable bonds is 2. The number of epoxide rings is 1. The first-order valence-electron chi connectivity index (χ1n) is 11.3. The number of aliphatic hydroxyl groups excluding tert-OH is 2. The van der Waals surface area contributed by atoms with E-state index in [0.29, 0.717) is 5.57 Å². The van der Waals surface area contributed by atoms with E-state index in [1.165, 1.54) is 39.8 Å². The van der Waals surface area contributed by atoms with E-state index in [1.807, 2.05) is 0 Å². The van der Waals surface area contributed by atoms with Gasteiger partial charge in [-0.3, -0.25) is 9.59 Å². The molecule has 0 aromatic rings. The van der Waals surface area contributed by atoms with Gasteiger partial charge in [0.1, 0.15) is 24.4 Å². The number of fused-ring (bicyclic) bond motifs is 1. The number of hydrogen-bond donors (Lipinski definition) is 3. The Morgan fingerprint density at radius 1 is 1.12 bits per heavy atom. The molecule has 2 aliphatic heterocycles. The van der Waals surface area contributed by atoms with Gasteiger partial charge in [0.05, 0.1) is 5.60 Å². The number of carbonyl (C=O) groups excluding carboxylic acids is 3. The van der Waals surface area contributed by atoms with Crippen molar-refractivity contribution in [2.24, 2.45) is 11.3 Å². The standard InChI is InChI=1S/C24H32O10/c1-11-9-14(31-12(2)25)18(28)21(4)8-7-15(27)22(5,30)17(21)19(32-13(3)26)24-16(10-11)33-20(29)23(24,6)34-24/h7-8,10,14-19,27-28,30H,9H2,1-6H3/b11-10-/t14-,15-,16+,17-,18+,19?,21+,22-,23+,24+/m1/s1. The Balaban J connectivity index is 2.00. The summed E-state index contributed by atoms with van der Waals surface area (Å²) in [5, 5.41) is 33.9. The van der Waals surface area contributed by atoms with Crippen LogP contribution in [-0.2, 0) is 33.3 Å². The monoisotopic (exact) mass is 480 g/mol. The van der Waals surface area contributed by atoms with Crippen molar-refractivity contribution in [3.05, 3.63) is 23.8 Å². The second-order valence-corrected chi connectivity index (χ2v) is 10.5. The Bertz CT molecular complexity index is 984. The Kier molecular flexibility index (Phi) is 5.56. The highest BCUT2D eigenvalue weighted by Gasteiger charge is 2.87. The minimum atomic E-state index is -1.94. The summed E-state index contributed by atoms with van der Waals surface area (Å²) in [6.07, 6.45) is -1.48. The van der Waals surface area contributed by atoms with E-state index in [1.54, 1.807) is 19.9 Å². The molecule has 10 nitrogen and oxygen atoms in total. The van der Waals surface area contributed by atoms with Gasteiger partial charge in [0, 0.05) is 31.6 Å². The van der Waals surface area contributed by atoms with Crippen molar-refractivity contribution in [2.75, 3.05) is 0 Å². The Morgan fingerprint density at radius 2 is 1.74 bits per heavy atom. The SMILES string of the molecule is CC(=O)OC1[C@H]2[C@](C)(O)[C@H](O)C=C[C@]2(C)[C@@H](O)[C@H](OC(C)=O)C/C(C)=C\[C@@H]2OC(=O)[C@]3(C)O[C@]123. The summed E-state index contributed by atoms with van der Waals surface area (Å²) in [6.45, 7) is 8.66. The van der Waals surface area contributed by atoms with E-state index in [0.717, 1.165) is 0 Å². The van der Waals surface area contributed by atoms with Crippen LogP contribution >= 0.6 is 0 Å². The topological polar surface area (TPSA) is 152 Å². The van der Waals surface area contributed by atoms with Crippen LogP contribution in [0.4, 0.5) is 0 Å². The van der Waals surface area contributed by atoms with Crippen LogP contribution in [-0.4, -0.2) is 80.6 Å². The number of hydrogen-bond acceptors (Lipinski definition) is 10. The highest BCUT2D eigenvalue weighted by molar-refractivity contribution is 5.89. The van der Waals surface area contributed by atoms with E-state index in [2.05, 4.69) is 0 Å². The molecule has 1 spiro atoms. The molecule has 0 amide bonds. The second kappa shape index (κ2) is 7.61. The van der Waals surface area contributed by atoms with Crippen molar-refractivity contribution in [2.45, 2.75) is 95.3 Å². The van der Waals surface area contributed by atoms with Gasteiger partial charge in [-0.1, -0.05) is 24.6 Å². The van der Waals surface area contributed by atoms with Gasteiger partial charge < -0.3 is 34.3 Å². The molecule has 2 saturated heterocycles. The van der Waals surface area contributed by atoms with Crippen molar-refractivity contribution in [3.63, 3.8) is 0 Å². The van der Waals surface area contributed by atoms with E-state index < -0.39 is 76.6 Å². The van der Waals surface area contributed by atoms with Gasteiger partial charge in [-0.15, -0.1) is 0 Å². The number of esters is 3. The summed E-state index contributed by atoms with van der Waals surface area (Å²) in [6, 6.07) is 0. The number of aliphatic hydroxyl groups is 3. The predicted molar refractivity (Wildman–Crippen MR) is 115 cm³/mol. The maximum Gasteiger partial charge on any atom is 0.342 e. The van der Waals surface area contributed by atoms with Crippen molar-refractivity contribution < 1.29 is 48.7 Å². The summed E-state index contributed by atoms with van der Waals surface area (Å²) in [5.41, 5.74) is -5.64. The van der Waals surface area contributed by atoms with E-state index in [9.17, 15) is 29.7 Å². The molecule has 10 atom stereocenters. The van der Waals surface area contributed by atoms with Gasteiger partial charge in [0.2, 0.25) is 0 Å². The summed E-state index contributed by atoms with van der Waals surface area (Å²) in [5.74, 6) is -3.16. The van der Waals surface area contributed by atoms with E-state index in [-0.39, 0.29) is 6.42 Å². The normalized spacial score (nSPS) is 51.1. The zero-order valence-electron chi connectivity index (χ0n) is 20.1. The number of ether oxygens (including phenoxy) is 4. The molecular weight excluding hydrogens is 448 g/mol. The first-order chi connectivity index (χ1) is 15.6. The number of carbonyl (C=O) groups is 3. The van der Waals surface area contributed by atoms with E-state index in [4.69, 9.17) is 18.9 Å². The molecule has 0 aromatic heterocycles. The van der Waals surface area contributed by atoms with Gasteiger partial charge in [0.25, 0.3) is 0 Å². The van der Waals surface area contributed by atoms with Crippen LogP contribution in [0, 0.1) is 11.3 Å². The largest absolute Gasteiger partial charge is 0.459 e. The molecule has 1 unspecified atom stereocenters. The molecule has 188 valence electrons. The molecule has 4 aliphatic rings. The lowest BCUT2D eigenvalue weighted by atomic mass is 9.55. The van der Waals surface area contributed by atoms with Crippen LogP contribution in [0.5, 0.6) is 0 Å². The fraction of sp³-hybridized carbons (Fsp3) is 0.708. The van der Waals surface area contributed by atoms with Crippen LogP contribution in [0.3, 0.4) is 0 Å². The molecule has 2 heterocycles. The highest BCUT2D eigenvalue weighted by Crippen LogP contribution is 2.65. The first-order valence-corrected chi connectivity index (χ1v) is 11.3. The lowest BCUT2D eigenvalue weighted by Crippen LogP contribution is -2.67. The molecule has 0 saturated carbocycles. The third-order valence-electron chi connectivity index (χ3n) is 7.94. The first kappa shape index (κ1) is 24.8. The molecule has 3 N–H and O–H groups in total. The zero-order valence-corrected chi connectivity index (χ0v) is 20.1. The quantitative estimate of drug-likeness (QED) is 0.218. The maximum absolute atomic E-state index is 12.8. The van der Waals surface area contributed by atoms with Crippen LogP contribution in [0.15, 0.2) is 23.8 Å². The zero-order chi connectivity index (χ0) is 25.4. The van der Waals surface area contributed by atoms with Gasteiger partial charge in [-0.25, -0.2) is 4.79 Å². The molecule has 2 fully saturated rings. The summed E-state index contributed by atoms with van der Waals surface area (Å²) < 4.78 is 22.9. The molecule has 0 bridgehead atoms. The lowest BCUT2D eigenvalue weighted by molar-refractivity contribution is -0.217. The summed E-state index contributed by atoms with van der Waals surface area (Å²) >= 11 is 0. The molecular formula is C24H32O10. The fourth-order valence-electron chi connectivity index (χ4n) is 6.19. The van der Waals surface area contributed by atoms with E-state index >= 15 is 0 Å². The van der Waals surface area contributed by atoms with Crippen LogP contribution in [0.25, 0.3) is 0 Å². The van der Waals surface area contributed by atoms with Crippen molar-refractivity contribution in [1.82, 2.24) is 0 Å². The Morgan fingerprint density at radius 3 is 2.29 bits per heavy atom. The van der Waals surface area contributed by atoms with Gasteiger partial charge >= 0.3 is 17.9 Å². The van der Waals surface area contributed by atoms with Gasteiger partial charge in [-0.2, -0.15) is 0 Å². The predicted octanol–water partition coefficient (Wildman–Crippen LogP) is 0.318. The third kappa shape index (κ3) is 3.26. The fourth-order valence-corrected chi connectivity index (χ4v) is 6.19. The molecule has 34 heavy (non-hydrogen) atoms. The summed E-state index contributed by atoms with van der Waals surface area (Å²) in [4.78, 5) is 37.0. The second-order valence-electron chi connectivity index (χ2n) is 10.5. The molecule has 0 radical (unpaired) electrons. The minimum absolute atomic E-state index is 0.112. The molecule has 2 aliphatic carbocycles. The highest BCUT2D eigenvalue weighted by atomic mass is 16.7. The van der Waals surface area contributed by atoms with Gasteiger partial charge in [-0.05, 0) is 26.8 Å². The van der Waals surface area contributed by atoms with Gasteiger partial charge in [0.15, 0.2) is 17.3 Å².